The van der Waals surface area contributed by atoms with Crippen LogP contribution >= 0.6 is 0 Å². The van der Waals surface area contributed by atoms with Crippen LogP contribution in [0.5, 0.6) is 5.75 Å². The molecule has 0 unspecified atom stereocenters. The van der Waals surface area contributed by atoms with Gasteiger partial charge in [0.15, 0.2) is 5.65 Å². The third-order valence-electron chi connectivity index (χ3n) is 7.10. The molecule has 7 rings (SSSR count). The third-order valence-corrected chi connectivity index (χ3v) is 7.10. The number of nitrogens with one attached hydrogen (secondary N) is 2. The van der Waals surface area contributed by atoms with Crippen molar-refractivity contribution in [3.8, 4) is 39.4 Å². The van der Waals surface area contributed by atoms with Crippen LogP contribution in [0.25, 0.3) is 55.7 Å². The van der Waals surface area contributed by atoms with E-state index >= 15 is 0 Å². The summed E-state index contributed by atoms with van der Waals surface area (Å²) in [6, 6.07) is 12.2. The Morgan fingerprint density at radius 1 is 0.816 bits per heavy atom. The average molecular weight is 503 g/mol. The summed E-state index contributed by atoms with van der Waals surface area (Å²) in [6.07, 6.45) is 13.4. The first-order valence-corrected chi connectivity index (χ1v) is 12.8. The van der Waals surface area contributed by atoms with Crippen LogP contribution in [0.4, 0.5) is 0 Å². The molecular formula is C29H26N8O. The number of H-pyrrole nitrogens is 2. The monoisotopic (exact) mass is 502 g/mol. The smallest absolute Gasteiger partial charge is 0.155 e. The van der Waals surface area contributed by atoms with Crippen molar-refractivity contribution in [2.24, 2.45) is 0 Å². The summed E-state index contributed by atoms with van der Waals surface area (Å²) in [5.74, 6) is 0.763. The molecule has 0 atom stereocenters. The zero-order valence-corrected chi connectivity index (χ0v) is 20.8. The van der Waals surface area contributed by atoms with Gasteiger partial charge >= 0.3 is 0 Å². The molecular weight excluding hydrogens is 476 g/mol. The number of rotatable bonds is 7. The fraction of sp³-hybridized carbons (Fsp3) is 0.207. The highest BCUT2D eigenvalue weighted by Crippen LogP contribution is 2.34. The van der Waals surface area contributed by atoms with E-state index in [-0.39, 0.29) is 0 Å². The second kappa shape index (κ2) is 9.68. The lowest BCUT2D eigenvalue weighted by molar-refractivity contribution is 0.237. The molecule has 188 valence electrons. The zero-order valence-electron chi connectivity index (χ0n) is 20.8. The van der Waals surface area contributed by atoms with Gasteiger partial charge in [-0.25, -0.2) is 9.97 Å². The van der Waals surface area contributed by atoms with Crippen LogP contribution in [0.15, 0.2) is 73.6 Å². The highest BCUT2D eigenvalue weighted by molar-refractivity contribution is 5.99. The van der Waals surface area contributed by atoms with E-state index in [0.717, 1.165) is 75.4 Å². The largest absolute Gasteiger partial charge is 0.491 e. The van der Waals surface area contributed by atoms with Crippen LogP contribution in [0.3, 0.4) is 0 Å². The van der Waals surface area contributed by atoms with E-state index in [2.05, 4.69) is 52.1 Å². The van der Waals surface area contributed by atoms with Crippen molar-refractivity contribution in [3.05, 3.63) is 73.6 Å². The number of hydrogen-bond donors (Lipinski definition) is 2. The van der Waals surface area contributed by atoms with Gasteiger partial charge in [-0.15, -0.1) is 0 Å². The lowest BCUT2D eigenvalue weighted by atomic mass is 10.1. The molecule has 1 saturated heterocycles. The standard InChI is InChI=1S/C29H26N8O/c1-2-9-37(8-1)10-11-38-22-12-20(16-31-18-22)21-13-25-27(35-36-29(25)33-17-21)26-14-24-23(5-7-32-28(24)34-26)19-4-3-6-30-15-19/h3-7,12-18H,1-2,8-11H2,(H,32,34)(H,33,35,36). The minimum Gasteiger partial charge on any atom is -0.491 e. The molecule has 9 heteroatoms. The van der Waals surface area contributed by atoms with Crippen molar-refractivity contribution < 1.29 is 4.74 Å². The Bertz CT molecular complexity index is 1720. The molecule has 0 amide bonds. The van der Waals surface area contributed by atoms with Gasteiger partial charge in [0, 0.05) is 65.0 Å². The quantitative estimate of drug-likeness (QED) is 0.313. The predicted octanol–water partition coefficient (Wildman–Crippen LogP) is 5.10. The topological polar surface area (TPSA) is 108 Å². The maximum atomic E-state index is 6.02. The molecule has 7 heterocycles. The number of likely N-dealkylation sites (tertiary alicyclic amines) is 1. The number of hydrogen-bond acceptors (Lipinski definition) is 7. The second-order valence-electron chi connectivity index (χ2n) is 9.54. The van der Waals surface area contributed by atoms with E-state index in [1.807, 2.05) is 42.9 Å². The van der Waals surface area contributed by atoms with E-state index in [0.29, 0.717) is 12.3 Å². The van der Waals surface area contributed by atoms with Gasteiger partial charge in [0.05, 0.1) is 11.9 Å². The Kier molecular flexibility index (Phi) is 5.75. The Labute approximate surface area is 219 Å². The Morgan fingerprint density at radius 2 is 1.71 bits per heavy atom. The minimum atomic E-state index is 0.656. The molecule has 0 aromatic carbocycles. The first-order valence-electron chi connectivity index (χ1n) is 12.8. The van der Waals surface area contributed by atoms with Crippen molar-refractivity contribution >= 4 is 22.1 Å². The number of pyridine rings is 4. The van der Waals surface area contributed by atoms with E-state index in [1.165, 1.54) is 12.8 Å². The number of fused-ring (bicyclic) bond motifs is 2. The van der Waals surface area contributed by atoms with E-state index in [9.17, 15) is 0 Å². The van der Waals surface area contributed by atoms with Crippen molar-refractivity contribution in [2.75, 3.05) is 26.2 Å². The summed E-state index contributed by atoms with van der Waals surface area (Å²) in [4.78, 5) is 23.7. The lowest BCUT2D eigenvalue weighted by Gasteiger charge is -2.15. The van der Waals surface area contributed by atoms with Gasteiger partial charge in [-0.2, -0.15) is 5.10 Å². The van der Waals surface area contributed by atoms with Crippen LogP contribution in [0.2, 0.25) is 0 Å². The average Bonchev–Trinajstić information content (AvgIpc) is 3.73. The third kappa shape index (κ3) is 4.26. The second-order valence-corrected chi connectivity index (χ2v) is 9.54. The molecule has 1 aliphatic heterocycles. The molecule has 1 aliphatic rings. The van der Waals surface area contributed by atoms with E-state index in [4.69, 9.17) is 4.74 Å². The molecule has 6 aromatic heterocycles. The van der Waals surface area contributed by atoms with Gasteiger partial charge in [-0.3, -0.25) is 20.0 Å². The molecule has 0 saturated carbocycles. The number of ether oxygens (including phenoxy) is 1. The van der Waals surface area contributed by atoms with Gasteiger partial charge in [0.2, 0.25) is 0 Å². The fourth-order valence-electron chi connectivity index (χ4n) is 5.15. The van der Waals surface area contributed by atoms with Crippen LogP contribution in [0, 0.1) is 0 Å². The van der Waals surface area contributed by atoms with Gasteiger partial charge in [-0.05, 0) is 61.8 Å². The van der Waals surface area contributed by atoms with Gasteiger partial charge in [0.25, 0.3) is 0 Å². The van der Waals surface area contributed by atoms with Gasteiger partial charge in [0.1, 0.15) is 23.7 Å². The zero-order chi connectivity index (χ0) is 25.3. The van der Waals surface area contributed by atoms with Crippen molar-refractivity contribution in [2.45, 2.75) is 12.8 Å². The molecule has 9 nitrogen and oxygen atoms in total. The summed E-state index contributed by atoms with van der Waals surface area (Å²) in [5.41, 5.74) is 7.17. The molecule has 0 spiro atoms. The summed E-state index contributed by atoms with van der Waals surface area (Å²) in [6.45, 7) is 3.93. The predicted molar refractivity (Wildman–Crippen MR) is 147 cm³/mol. The van der Waals surface area contributed by atoms with Crippen LogP contribution in [-0.2, 0) is 0 Å². The van der Waals surface area contributed by atoms with E-state index < -0.39 is 0 Å². The molecule has 2 N–H and O–H groups in total. The van der Waals surface area contributed by atoms with Crippen LogP contribution in [-0.4, -0.2) is 66.3 Å². The summed E-state index contributed by atoms with van der Waals surface area (Å²) in [5, 5.41) is 9.58. The Hall–Kier alpha value is -4.63. The molecule has 0 radical (unpaired) electrons. The lowest BCUT2D eigenvalue weighted by Crippen LogP contribution is -2.25. The fourth-order valence-corrected chi connectivity index (χ4v) is 5.15. The van der Waals surface area contributed by atoms with Crippen molar-refractivity contribution in [3.63, 3.8) is 0 Å². The molecule has 1 fully saturated rings. The van der Waals surface area contributed by atoms with Crippen molar-refractivity contribution in [1.29, 1.82) is 0 Å². The van der Waals surface area contributed by atoms with Crippen LogP contribution < -0.4 is 4.74 Å². The minimum absolute atomic E-state index is 0.656. The summed E-state index contributed by atoms with van der Waals surface area (Å²) < 4.78 is 6.02. The van der Waals surface area contributed by atoms with Gasteiger partial charge < -0.3 is 9.72 Å². The highest BCUT2D eigenvalue weighted by atomic mass is 16.5. The Morgan fingerprint density at radius 3 is 2.61 bits per heavy atom. The van der Waals surface area contributed by atoms with Crippen LogP contribution in [0.1, 0.15) is 12.8 Å². The molecule has 0 bridgehead atoms. The summed E-state index contributed by atoms with van der Waals surface area (Å²) >= 11 is 0. The Balaban J connectivity index is 1.20. The van der Waals surface area contributed by atoms with Gasteiger partial charge in [-0.1, -0.05) is 6.07 Å². The number of aromatic amines is 2. The van der Waals surface area contributed by atoms with Crippen molar-refractivity contribution in [1.82, 2.24) is 40.0 Å². The number of nitrogens with zero attached hydrogens (tertiary/aromatic N) is 6. The molecule has 0 aliphatic carbocycles. The maximum Gasteiger partial charge on any atom is 0.155 e. The first kappa shape index (κ1) is 22.6. The van der Waals surface area contributed by atoms with E-state index in [1.54, 1.807) is 18.6 Å². The first-order chi connectivity index (χ1) is 18.8. The highest BCUT2D eigenvalue weighted by Gasteiger charge is 2.16. The summed E-state index contributed by atoms with van der Waals surface area (Å²) in [7, 11) is 0. The number of aromatic nitrogens is 7. The molecule has 38 heavy (non-hydrogen) atoms. The SMILES string of the molecule is c1cncc(-c2ccnc3[nH]c(-c4n[nH]c5ncc(-c6cncc(OCCN7CCCC7)c6)cc45)cc23)c1. The molecule has 6 aromatic rings. The maximum absolute atomic E-state index is 6.02. The normalized spacial score (nSPS) is 14.0.